The molecule has 1 heterocycles. The van der Waals surface area contributed by atoms with Crippen LogP contribution in [0.3, 0.4) is 0 Å². The highest BCUT2D eigenvalue weighted by atomic mass is 35.5. The van der Waals surface area contributed by atoms with Crippen LogP contribution in [0.4, 0.5) is 10.5 Å². The zero-order valence-corrected chi connectivity index (χ0v) is 17.4. The van der Waals surface area contributed by atoms with Gasteiger partial charge in [0.25, 0.3) is 5.91 Å². The maximum atomic E-state index is 13.2. The second-order valence-corrected chi connectivity index (χ2v) is 8.13. The van der Waals surface area contributed by atoms with Crippen molar-refractivity contribution in [3.8, 4) is 0 Å². The van der Waals surface area contributed by atoms with E-state index in [-0.39, 0.29) is 16.3 Å². The molecule has 150 valence electrons. The van der Waals surface area contributed by atoms with E-state index < -0.39 is 29.3 Å². The van der Waals surface area contributed by atoms with E-state index in [4.69, 9.17) is 23.2 Å². The molecule has 1 aliphatic rings. The standard InChI is InChI=1S/C20H17Cl2N3O4/c1-20(2,3)25(16(26)14-6-4-5-7-15(14)22)24-18(28)17(27)23(19(24)29)13-10-8-12(21)9-11-13/h4-11H,1-3H3. The van der Waals surface area contributed by atoms with Crippen molar-refractivity contribution >= 4 is 52.6 Å². The molecule has 3 rings (SSSR count). The second kappa shape index (κ2) is 7.50. The number of nitrogens with zero attached hydrogens (tertiary/aromatic N) is 3. The number of benzene rings is 2. The van der Waals surface area contributed by atoms with E-state index in [0.29, 0.717) is 14.9 Å². The molecule has 0 saturated carbocycles. The number of imide groups is 2. The predicted octanol–water partition coefficient (Wildman–Crippen LogP) is 4.14. The molecule has 2 aromatic carbocycles. The van der Waals surface area contributed by atoms with E-state index in [1.54, 1.807) is 32.9 Å². The number of halogens is 2. The van der Waals surface area contributed by atoms with Crippen LogP contribution in [0.5, 0.6) is 0 Å². The van der Waals surface area contributed by atoms with Gasteiger partial charge < -0.3 is 0 Å². The van der Waals surface area contributed by atoms with Crippen molar-refractivity contribution in [1.29, 1.82) is 0 Å². The number of carbonyl (C=O) groups is 4. The van der Waals surface area contributed by atoms with Gasteiger partial charge in [-0.3, -0.25) is 14.4 Å². The summed E-state index contributed by atoms with van der Waals surface area (Å²) in [6.07, 6.45) is 0. The minimum absolute atomic E-state index is 0.0992. The zero-order chi connectivity index (χ0) is 21.5. The van der Waals surface area contributed by atoms with E-state index in [1.165, 1.54) is 36.4 Å². The Morgan fingerprint density at radius 1 is 0.897 bits per heavy atom. The summed E-state index contributed by atoms with van der Waals surface area (Å²) in [4.78, 5) is 52.3. The molecule has 0 aromatic heterocycles. The lowest BCUT2D eigenvalue weighted by Crippen LogP contribution is -2.58. The molecule has 0 atom stereocenters. The van der Waals surface area contributed by atoms with Crippen molar-refractivity contribution in [3.05, 3.63) is 64.1 Å². The van der Waals surface area contributed by atoms with Crippen LogP contribution in [0.1, 0.15) is 31.1 Å². The molecule has 29 heavy (non-hydrogen) atoms. The first-order valence-corrected chi connectivity index (χ1v) is 9.36. The number of urea groups is 1. The Labute approximate surface area is 177 Å². The Hall–Kier alpha value is -2.90. The number of hydrogen-bond acceptors (Lipinski definition) is 4. The number of anilines is 1. The third kappa shape index (κ3) is 3.71. The van der Waals surface area contributed by atoms with Crippen LogP contribution < -0.4 is 4.90 Å². The van der Waals surface area contributed by atoms with Gasteiger partial charge in [-0.15, -0.1) is 0 Å². The van der Waals surface area contributed by atoms with Gasteiger partial charge >= 0.3 is 17.8 Å². The first-order chi connectivity index (χ1) is 13.5. The fourth-order valence-electron chi connectivity index (χ4n) is 2.89. The van der Waals surface area contributed by atoms with Gasteiger partial charge in [0, 0.05) is 5.02 Å². The third-order valence-electron chi connectivity index (χ3n) is 4.17. The molecule has 1 fully saturated rings. The third-order valence-corrected chi connectivity index (χ3v) is 4.75. The molecule has 7 nitrogen and oxygen atoms in total. The summed E-state index contributed by atoms with van der Waals surface area (Å²) < 4.78 is 0. The molecular formula is C20H17Cl2N3O4. The Morgan fingerprint density at radius 2 is 1.48 bits per heavy atom. The van der Waals surface area contributed by atoms with E-state index in [2.05, 4.69) is 0 Å². The highest BCUT2D eigenvalue weighted by Crippen LogP contribution is 2.30. The first-order valence-electron chi connectivity index (χ1n) is 8.61. The number of rotatable bonds is 3. The van der Waals surface area contributed by atoms with Gasteiger partial charge in [-0.25, -0.2) is 14.7 Å². The SMILES string of the molecule is CC(C)(C)N(C(=O)c1ccccc1Cl)N1C(=O)C(=O)N(c2ccc(Cl)cc2)C1=O. The molecule has 5 amide bonds. The Morgan fingerprint density at radius 3 is 2.03 bits per heavy atom. The van der Waals surface area contributed by atoms with Crippen molar-refractivity contribution in [3.63, 3.8) is 0 Å². The lowest BCUT2D eigenvalue weighted by atomic mass is 10.1. The van der Waals surface area contributed by atoms with Crippen molar-refractivity contribution in [2.75, 3.05) is 4.90 Å². The van der Waals surface area contributed by atoms with Crippen LogP contribution in [-0.2, 0) is 9.59 Å². The topological polar surface area (TPSA) is 78.0 Å². The van der Waals surface area contributed by atoms with Crippen LogP contribution >= 0.6 is 23.2 Å². The highest BCUT2D eigenvalue weighted by Gasteiger charge is 2.52. The first kappa shape index (κ1) is 20.8. The smallest absolute Gasteiger partial charge is 0.267 e. The summed E-state index contributed by atoms with van der Waals surface area (Å²) in [7, 11) is 0. The minimum Gasteiger partial charge on any atom is -0.267 e. The Balaban J connectivity index is 2.07. The van der Waals surface area contributed by atoms with Gasteiger partial charge in [-0.2, -0.15) is 5.01 Å². The van der Waals surface area contributed by atoms with Crippen LogP contribution in [0.25, 0.3) is 0 Å². The summed E-state index contributed by atoms with van der Waals surface area (Å²) in [6, 6.07) is 11.1. The van der Waals surface area contributed by atoms with Gasteiger partial charge in [-0.05, 0) is 57.2 Å². The zero-order valence-electron chi connectivity index (χ0n) is 15.8. The predicted molar refractivity (Wildman–Crippen MR) is 109 cm³/mol. The van der Waals surface area contributed by atoms with E-state index in [1.807, 2.05) is 0 Å². The quantitative estimate of drug-likeness (QED) is 0.537. The van der Waals surface area contributed by atoms with Crippen molar-refractivity contribution in [2.45, 2.75) is 26.3 Å². The molecule has 0 bridgehead atoms. The van der Waals surface area contributed by atoms with Gasteiger partial charge in [0.15, 0.2) is 0 Å². The molecule has 0 unspecified atom stereocenters. The van der Waals surface area contributed by atoms with Gasteiger partial charge in [0.2, 0.25) is 0 Å². The maximum absolute atomic E-state index is 13.2. The van der Waals surface area contributed by atoms with Crippen molar-refractivity contribution < 1.29 is 19.2 Å². The maximum Gasteiger partial charge on any atom is 0.358 e. The molecular weight excluding hydrogens is 417 g/mol. The lowest BCUT2D eigenvalue weighted by Gasteiger charge is -2.39. The van der Waals surface area contributed by atoms with Gasteiger partial charge in [-0.1, -0.05) is 35.3 Å². The van der Waals surface area contributed by atoms with Crippen LogP contribution in [-0.4, -0.2) is 39.3 Å². The van der Waals surface area contributed by atoms with Crippen LogP contribution in [0.2, 0.25) is 10.0 Å². The summed E-state index contributed by atoms with van der Waals surface area (Å²) in [5.41, 5.74) is -0.751. The second-order valence-electron chi connectivity index (χ2n) is 7.28. The van der Waals surface area contributed by atoms with Gasteiger partial charge in [0.1, 0.15) is 0 Å². The highest BCUT2D eigenvalue weighted by molar-refractivity contribution is 6.53. The average Bonchev–Trinajstić information content (AvgIpc) is 2.86. The van der Waals surface area contributed by atoms with Crippen LogP contribution in [0, 0.1) is 0 Å². The molecule has 1 aliphatic heterocycles. The van der Waals surface area contributed by atoms with E-state index in [9.17, 15) is 19.2 Å². The Kier molecular flexibility index (Phi) is 5.38. The monoisotopic (exact) mass is 433 g/mol. The van der Waals surface area contributed by atoms with E-state index in [0.717, 1.165) is 5.01 Å². The van der Waals surface area contributed by atoms with Crippen molar-refractivity contribution in [1.82, 2.24) is 10.0 Å². The van der Waals surface area contributed by atoms with Crippen LogP contribution in [0.15, 0.2) is 48.5 Å². The number of hydrogen-bond donors (Lipinski definition) is 0. The molecule has 0 spiro atoms. The molecule has 9 heteroatoms. The molecule has 1 saturated heterocycles. The normalized spacial score (nSPS) is 14.6. The Bertz CT molecular complexity index is 1020. The summed E-state index contributed by atoms with van der Waals surface area (Å²) in [5, 5.41) is 2.07. The summed E-state index contributed by atoms with van der Waals surface area (Å²) >= 11 is 12.0. The lowest BCUT2D eigenvalue weighted by molar-refractivity contribution is -0.148. The minimum atomic E-state index is -1.14. The number of amides is 5. The largest absolute Gasteiger partial charge is 0.358 e. The number of hydrazine groups is 1. The van der Waals surface area contributed by atoms with Gasteiger partial charge in [0.05, 0.1) is 21.8 Å². The summed E-state index contributed by atoms with van der Waals surface area (Å²) in [5.74, 6) is -2.89. The molecule has 2 aromatic rings. The fourth-order valence-corrected chi connectivity index (χ4v) is 3.24. The fraction of sp³-hybridized carbons (Fsp3) is 0.200. The average molecular weight is 434 g/mol. The summed E-state index contributed by atoms with van der Waals surface area (Å²) in [6.45, 7) is 4.91. The molecule has 0 radical (unpaired) electrons. The van der Waals surface area contributed by atoms with Crippen molar-refractivity contribution in [2.24, 2.45) is 0 Å². The molecule has 0 N–H and O–H groups in total. The molecule has 0 aliphatic carbocycles. The number of carbonyl (C=O) groups excluding carboxylic acids is 4. The van der Waals surface area contributed by atoms with E-state index >= 15 is 0 Å².